The molecule has 5 heteroatoms. The molecule has 17 heavy (non-hydrogen) atoms. The molecule has 0 saturated carbocycles. The molecule has 1 aromatic heterocycles. The summed E-state index contributed by atoms with van der Waals surface area (Å²) in [5.41, 5.74) is 1.35. The average Bonchev–Trinajstić information content (AvgIpc) is 2.39. The average molecular weight is 232 g/mol. The number of nitriles is 1. The van der Waals surface area contributed by atoms with Crippen molar-refractivity contribution < 1.29 is 4.74 Å². The van der Waals surface area contributed by atoms with Gasteiger partial charge in [0.2, 0.25) is 5.95 Å². The van der Waals surface area contributed by atoms with E-state index in [0.29, 0.717) is 30.8 Å². The lowest BCUT2D eigenvalue weighted by Gasteiger charge is -2.27. The molecule has 2 heterocycles. The SMILES string of the molecule is CC(C)c1cc(C#N)nc(N2CCOCC2)n1. The summed E-state index contributed by atoms with van der Waals surface area (Å²) >= 11 is 0. The molecule has 0 spiro atoms. The molecule has 2 rings (SSSR count). The third-order valence-corrected chi connectivity index (χ3v) is 2.73. The largest absolute Gasteiger partial charge is 0.378 e. The van der Waals surface area contributed by atoms with Gasteiger partial charge in [-0.2, -0.15) is 5.26 Å². The summed E-state index contributed by atoms with van der Waals surface area (Å²) in [6.45, 7) is 7.08. The minimum Gasteiger partial charge on any atom is -0.378 e. The summed E-state index contributed by atoms with van der Waals surface area (Å²) in [5, 5.41) is 8.98. The van der Waals surface area contributed by atoms with Crippen LogP contribution in [0.3, 0.4) is 0 Å². The fourth-order valence-corrected chi connectivity index (χ4v) is 1.71. The Kier molecular flexibility index (Phi) is 3.55. The Morgan fingerprint density at radius 1 is 1.35 bits per heavy atom. The van der Waals surface area contributed by atoms with Crippen molar-refractivity contribution in [3.05, 3.63) is 17.5 Å². The van der Waals surface area contributed by atoms with Crippen molar-refractivity contribution in [3.63, 3.8) is 0 Å². The number of aromatic nitrogens is 2. The predicted octanol–water partition coefficient (Wildman–Crippen LogP) is 1.31. The van der Waals surface area contributed by atoms with E-state index in [1.165, 1.54) is 0 Å². The highest BCUT2D eigenvalue weighted by atomic mass is 16.5. The Morgan fingerprint density at radius 3 is 2.65 bits per heavy atom. The van der Waals surface area contributed by atoms with Gasteiger partial charge in [-0.05, 0) is 12.0 Å². The van der Waals surface area contributed by atoms with E-state index in [-0.39, 0.29) is 0 Å². The zero-order chi connectivity index (χ0) is 12.3. The van der Waals surface area contributed by atoms with Gasteiger partial charge in [0.1, 0.15) is 11.8 Å². The van der Waals surface area contributed by atoms with Crippen LogP contribution in [0.1, 0.15) is 31.2 Å². The minimum atomic E-state index is 0.296. The molecule has 0 atom stereocenters. The molecule has 1 aliphatic rings. The van der Waals surface area contributed by atoms with Gasteiger partial charge >= 0.3 is 0 Å². The zero-order valence-corrected chi connectivity index (χ0v) is 10.2. The maximum Gasteiger partial charge on any atom is 0.226 e. The molecule has 1 saturated heterocycles. The summed E-state index contributed by atoms with van der Waals surface area (Å²) in [5.74, 6) is 0.945. The van der Waals surface area contributed by atoms with Gasteiger partial charge in [0.05, 0.1) is 13.2 Å². The molecule has 1 aromatic rings. The van der Waals surface area contributed by atoms with Crippen LogP contribution in [-0.4, -0.2) is 36.3 Å². The van der Waals surface area contributed by atoms with Crippen LogP contribution < -0.4 is 4.90 Å². The van der Waals surface area contributed by atoms with Gasteiger partial charge in [0.25, 0.3) is 0 Å². The molecule has 0 amide bonds. The van der Waals surface area contributed by atoms with E-state index in [9.17, 15) is 0 Å². The Labute approximate surface area is 101 Å². The second-order valence-electron chi connectivity index (χ2n) is 4.34. The lowest BCUT2D eigenvalue weighted by Crippen LogP contribution is -2.37. The van der Waals surface area contributed by atoms with Gasteiger partial charge in [-0.25, -0.2) is 9.97 Å². The van der Waals surface area contributed by atoms with Crippen molar-refractivity contribution in [2.24, 2.45) is 0 Å². The quantitative estimate of drug-likeness (QED) is 0.769. The molecule has 90 valence electrons. The number of hydrogen-bond acceptors (Lipinski definition) is 5. The van der Waals surface area contributed by atoms with E-state index < -0.39 is 0 Å². The van der Waals surface area contributed by atoms with Crippen molar-refractivity contribution >= 4 is 5.95 Å². The normalized spacial score (nSPS) is 16.0. The third kappa shape index (κ3) is 2.71. The standard InChI is InChI=1S/C12H16N4O/c1-9(2)11-7-10(8-13)14-12(15-11)16-3-5-17-6-4-16/h7,9H,3-6H2,1-2H3. The predicted molar refractivity (Wildman–Crippen MR) is 63.9 cm³/mol. The van der Waals surface area contributed by atoms with Crippen molar-refractivity contribution in [3.8, 4) is 6.07 Å². The highest BCUT2D eigenvalue weighted by molar-refractivity contribution is 5.37. The molecule has 0 bridgehead atoms. The van der Waals surface area contributed by atoms with Gasteiger partial charge in [-0.1, -0.05) is 13.8 Å². The van der Waals surface area contributed by atoms with E-state index >= 15 is 0 Å². The maximum atomic E-state index is 8.98. The highest BCUT2D eigenvalue weighted by Gasteiger charge is 2.16. The van der Waals surface area contributed by atoms with Gasteiger partial charge in [0.15, 0.2) is 0 Å². The zero-order valence-electron chi connectivity index (χ0n) is 10.2. The number of nitrogens with zero attached hydrogens (tertiary/aromatic N) is 4. The first kappa shape index (κ1) is 11.8. The fourth-order valence-electron chi connectivity index (χ4n) is 1.71. The Hall–Kier alpha value is -1.67. The van der Waals surface area contributed by atoms with Crippen LogP contribution in [0.4, 0.5) is 5.95 Å². The number of rotatable bonds is 2. The van der Waals surface area contributed by atoms with Crippen LogP contribution in [0.15, 0.2) is 6.07 Å². The van der Waals surface area contributed by atoms with E-state index in [4.69, 9.17) is 10.00 Å². The van der Waals surface area contributed by atoms with Crippen LogP contribution >= 0.6 is 0 Å². The number of ether oxygens (including phenoxy) is 1. The topological polar surface area (TPSA) is 62.0 Å². The molecular weight excluding hydrogens is 216 g/mol. The molecule has 0 radical (unpaired) electrons. The third-order valence-electron chi connectivity index (χ3n) is 2.73. The lowest BCUT2D eigenvalue weighted by atomic mass is 10.1. The highest BCUT2D eigenvalue weighted by Crippen LogP contribution is 2.17. The van der Waals surface area contributed by atoms with Crippen molar-refractivity contribution in [2.75, 3.05) is 31.2 Å². The lowest BCUT2D eigenvalue weighted by molar-refractivity contribution is 0.122. The van der Waals surface area contributed by atoms with Gasteiger partial charge in [-0.15, -0.1) is 0 Å². The Bertz CT molecular complexity index is 433. The van der Waals surface area contributed by atoms with Gasteiger partial charge < -0.3 is 9.64 Å². The Balaban J connectivity index is 2.32. The Morgan fingerprint density at radius 2 is 2.06 bits per heavy atom. The fraction of sp³-hybridized carbons (Fsp3) is 0.583. The first-order chi connectivity index (χ1) is 8.20. The molecule has 0 N–H and O–H groups in total. The van der Waals surface area contributed by atoms with Crippen LogP contribution in [-0.2, 0) is 4.74 Å². The summed E-state index contributed by atoms with van der Waals surface area (Å²) < 4.78 is 5.29. The second kappa shape index (κ2) is 5.11. The van der Waals surface area contributed by atoms with Crippen molar-refractivity contribution in [1.82, 2.24) is 9.97 Å². The van der Waals surface area contributed by atoms with Crippen LogP contribution in [0.2, 0.25) is 0 Å². The van der Waals surface area contributed by atoms with Crippen LogP contribution in [0, 0.1) is 11.3 Å². The van der Waals surface area contributed by atoms with Gasteiger partial charge in [-0.3, -0.25) is 0 Å². The van der Waals surface area contributed by atoms with E-state index in [1.807, 2.05) is 0 Å². The van der Waals surface area contributed by atoms with Crippen LogP contribution in [0.25, 0.3) is 0 Å². The molecule has 0 aliphatic carbocycles. The molecule has 1 fully saturated rings. The summed E-state index contributed by atoms with van der Waals surface area (Å²) in [4.78, 5) is 10.8. The van der Waals surface area contributed by atoms with E-state index in [1.54, 1.807) is 6.07 Å². The van der Waals surface area contributed by atoms with Crippen LogP contribution in [0.5, 0.6) is 0 Å². The van der Waals surface area contributed by atoms with Gasteiger partial charge in [0, 0.05) is 18.8 Å². The van der Waals surface area contributed by atoms with E-state index in [2.05, 4.69) is 34.8 Å². The molecule has 1 aliphatic heterocycles. The van der Waals surface area contributed by atoms with Crippen molar-refractivity contribution in [2.45, 2.75) is 19.8 Å². The van der Waals surface area contributed by atoms with Crippen molar-refractivity contribution in [1.29, 1.82) is 5.26 Å². The summed E-state index contributed by atoms with van der Waals surface area (Å²) in [7, 11) is 0. The maximum absolute atomic E-state index is 8.98. The molecule has 0 aromatic carbocycles. The monoisotopic (exact) mass is 232 g/mol. The minimum absolute atomic E-state index is 0.296. The smallest absolute Gasteiger partial charge is 0.226 e. The first-order valence-corrected chi connectivity index (χ1v) is 5.82. The number of morpholine rings is 1. The molecule has 5 nitrogen and oxygen atoms in total. The molecular formula is C12H16N4O. The second-order valence-corrected chi connectivity index (χ2v) is 4.34. The van der Waals surface area contributed by atoms with E-state index in [0.717, 1.165) is 18.8 Å². The summed E-state index contributed by atoms with van der Waals surface area (Å²) in [6.07, 6.45) is 0. The molecule has 0 unspecified atom stereocenters. The number of hydrogen-bond donors (Lipinski definition) is 0. The number of anilines is 1. The first-order valence-electron chi connectivity index (χ1n) is 5.82. The summed E-state index contributed by atoms with van der Waals surface area (Å²) in [6, 6.07) is 3.85.